The standard InChI is InChI=1S/C34H45N3O8S2/c1-23-19-37(24(2)22-38)33(39)29-18-28(35-47(42,43)32-9-7-17-46-32)14-15-30(29)45-25(3)8-5-6-16-44-31(23)21-36(4)20-26-10-12-27(13-11-26)34(40)41/h7,9-15,17-18,23-25,31,35,38H,5-6,8,16,19-22H2,1-4H3,(H,40,41)/t23-,24+,25+,31-/m1/s1. The van der Waals surface area contributed by atoms with Crippen molar-refractivity contribution in [3.63, 3.8) is 0 Å². The minimum atomic E-state index is -3.85. The average Bonchev–Trinajstić information content (AvgIpc) is 3.59. The van der Waals surface area contributed by atoms with Crippen LogP contribution in [-0.2, 0) is 21.3 Å². The van der Waals surface area contributed by atoms with Crippen molar-refractivity contribution in [3.05, 3.63) is 76.7 Å². The fraction of sp³-hybridized carbons (Fsp3) is 0.471. The quantitative estimate of drug-likeness (QED) is 0.263. The minimum Gasteiger partial charge on any atom is -0.490 e. The third-order valence-electron chi connectivity index (χ3n) is 8.21. The molecular weight excluding hydrogens is 643 g/mol. The maximum absolute atomic E-state index is 14.3. The summed E-state index contributed by atoms with van der Waals surface area (Å²) in [5, 5.41) is 21.1. The second-order valence-corrected chi connectivity index (χ2v) is 15.1. The predicted molar refractivity (Wildman–Crippen MR) is 182 cm³/mol. The number of nitrogens with one attached hydrogen (secondary N) is 1. The molecule has 0 aliphatic carbocycles. The van der Waals surface area contributed by atoms with E-state index in [1.54, 1.807) is 59.7 Å². The molecular formula is C34H45N3O8S2. The first-order chi connectivity index (χ1) is 22.4. The van der Waals surface area contributed by atoms with Gasteiger partial charge in [-0.3, -0.25) is 14.4 Å². The van der Waals surface area contributed by atoms with Gasteiger partial charge in [-0.15, -0.1) is 11.3 Å². The Balaban J connectivity index is 1.61. The number of benzene rings is 2. The Bertz CT molecular complexity index is 1580. The molecule has 0 spiro atoms. The number of nitrogens with zero attached hydrogens (tertiary/aromatic N) is 2. The zero-order chi connectivity index (χ0) is 34.1. The molecule has 4 atom stereocenters. The van der Waals surface area contributed by atoms with E-state index in [0.29, 0.717) is 25.4 Å². The Labute approximate surface area is 281 Å². The highest BCUT2D eigenvalue weighted by Crippen LogP contribution is 2.30. The van der Waals surface area contributed by atoms with Gasteiger partial charge < -0.3 is 24.6 Å². The average molecular weight is 688 g/mol. The van der Waals surface area contributed by atoms with E-state index < -0.39 is 22.0 Å². The van der Waals surface area contributed by atoms with E-state index in [9.17, 15) is 28.2 Å². The lowest BCUT2D eigenvalue weighted by atomic mass is 10.0. The maximum Gasteiger partial charge on any atom is 0.335 e. The summed E-state index contributed by atoms with van der Waals surface area (Å²) in [6.45, 7) is 7.39. The van der Waals surface area contributed by atoms with Gasteiger partial charge >= 0.3 is 5.97 Å². The van der Waals surface area contributed by atoms with Gasteiger partial charge in [-0.2, -0.15) is 0 Å². The lowest BCUT2D eigenvalue weighted by Crippen LogP contribution is -2.47. The highest BCUT2D eigenvalue weighted by atomic mass is 32.2. The van der Waals surface area contributed by atoms with E-state index in [1.165, 1.54) is 12.1 Å². The van der Waals surface area contributed by atoms with Crippen LogP contribution in [0.25, 0.3) is 0 Å². The molecule has 1 aliphatic heterocycles. The van der Waals surface area contributed by atoms with Crippen LogP contribution in [0, 0.1) is 5.92 Å². The number of thiophene rings is 1. The Morgan fingerprint density at radius 1 is 1.15 bits per heavy atom. The summed E-state index contributed by atoms with van der Waals surface area (Å²) in [6.07, 6.45) is 1.94. The van der Waals surface area contributed by atoms with Crippen LogP contribution in [0.1, 0.15) is 66.3 Å². The Kier molecular flexibility index (Phi) is 12.8. The molecule has 47 heavy (non-hydrogen) atoms. The molecule has 2 aromatic carbocycles. The van der Waals surface area contributed by atoms with E-state index in [2.05, 4.69) is 9.62 Å². The van der Waals surface area contributed by atoms with Crippen molar-refractivity contribution in [2.45, 2.75) is 69.0 Å². The van der Waals surface area contributed by atoms with Crippen molar-refractivity contribution in [3.8, 4) is 5.75 Å². The molecule has 3 N–H and O–H groups in total. The molecule has 1 aliphatic rings. The number of carbonyl (C=O) groups excluding carboxylic acids is 1. The van der Waals surface area contributed by atoms with Crippen LogP contribution in [0.5, 0.6) is 5.75 Å². The second-order valence-electron chi connectivity index (χ2n) is 12.2. The summed E-state index contributed by atoms with van der Waals surface area (Å²) >= 11 is 1.10. The van der Waals surface area contributed by atoms with E-state index in [-0.39, 0.29) is 58.2 Å². The summed E-state index contributed by atoms with van der Waals surface area (Å²) in [5.41, 5.74) is 1.63. The molecule has 0 radical (unpaired) electrons. The van der Waals surface area contributed by atoms with Gasteiger partial charge in [0.2, 0.25) is 0 Å². The summed E-state index contributed by atoms with van der Waals surface area (Å²) in [7, 11) is -1.88. The van der Waals surface area contributed by atoms with Gasteiger partial charge in [0.1, 0.15) is 9.96 Å². The highest BCUT2D eigenvalue weighted by Gasteiger charge is 2.31. The maximum atomic E-state index is 14.3. The number of carbonyl (C=O) groups is 2. The summed E-state index contributed by atoms with van der Waals surface area (Å²) in [4.78, 5) is 29.3. The van der Waals surface area contributed by atoms with Crippen LogP contribution in [0.3, 0.4) is 0 Å². The van der Waals surface area contributed by atoms with Gasteiger partial charge in [0, 0.05) is 37.8 Å². The number of likely N-dealkylation sites (N-methyl/N-ethyl adjacent to an activating group) is 1. The third kappa shape index (κ3) is 10.0. The molecule has 0 saturated carbocycles. The molecule has 0 fully saturated rings. The van der Waals surface area contributed by atoms with Crippen molar-refractivity contribution in [2.75, 3.05) is 38.1 Å². The molecule has 11 nitrogen and oxygen atoms in total. The summed E-state index contributed by atoms with van der Waals surface area (Å²) in [5.74, 6) is -1.15. The van der Waals surface area contributed by atoms with Crippen LogP contribution in [-0.4, -0.2) is 91.9 Å². The topological polar surface area (TPSA) is 146 Å². The number of aliphatic hydroxyl groups is 1. The number of amides is 1. The van der Waals surface area contributed by atoms with Gasteiger partial charge in [0.25, 0.3) is 15.9 Å². The fourth-order valence-corrected chi connectivity index (χ4v) is 7.55. The van der Waals surface area contributed by atoms with Crippen molar-refractivity contribution >= 4 is 38.9 Å². The first-order valence-electron chi connectivity index (χ1n) is 15.8. The molecule has 2 heterocycles. The Morgan fingerprint density at radius 2 is 1.89 bits per heavy atom. The van der Waals surface area contributed by atoms with E-state index in [1.807, 2.05) is 20.9 Å². The molecule has 1 aromatic heterocycles. The Hall–Kier alpha value is -3.49. The zero-order valence-electron chi connectivity index (χ0n) is 27.3. The number of sulfonamides is 1. The smallest absolute Gasteiger partial charge is 0.335 e. The first-order valence-corrected chi connectivity index (χ1v) is 18.2. The number of hydrogen-bond donors (Lipinski definition) is 3. The fourth-order valence-electron chi connectivity index (χ4n) is 5.51. The van der Waals surface area contributed by atoms with Gasteiger partial charge in [0.05, 0.1) is 36.0 Å². The monoisotopic (exact) mass is 687 g/mol. The molecule has 0 saturated heterocycles. The molecule has 4 rings (SSSR count). The zero-order valence-corrected chi connectivity index (χ0v) is 28.9. The van der Waals surface area contributed by atoms with Crippen molar-refractivity contribution in [1.82, 2.24) is 9.80 Å². The number of carboxylic acid groups (broad SMARTS) is 1. The number of rotatable bonds is 10. The predicted octanol–water partition coefficient (Wildman–Crippen LogP) is 5.17. The largest absolute Gasteiger partial charge is 0.490 e. The Morgan fingerprint density at radius 3 is 2.55 bits per heavy atom. The number of anilines is 1. The molecule has 256 valence electrons. The van der Waals surface area contributed by atoms with Crippen LogP contribution < -0.4 is 9.46 Å². The molecule has 13 heteroatoms. The molecule has 0 bridgehead atoms. The second kappa shape index (κ2) is 16.6. The summed E-state index contributed by atoms with van der Waals surface area (Å²) in [6, 6.07) is 14.1. The third-order valence-corrected chi connectivity index (χ3v) is 11.0. The number of aromatic carboxylic acids is 1. The van der Waals surface area contributed by atoms with Crippen molar-refractivity contribution in [2.24, 2.45) is 5.92 Å². The van der Waals surface area contributed by atoms with Gasteiger partial charge in [-0.1, -0.05) is 25.1 Å². The highest BCUT2D eigenvalue weighted by molar-refractivity contribution is 7.94. The normalized spacial score (nSPS) is 20.6. The van der Waals surface area contributed by atoms with Crippen molar-refractivity contribution < 1.29 is 37.7 Å². The lowest BCUT2D eigenvalue weighted by molar-refractivity contribution is -0.0177. The van der Waals surface area contributed by atoms with Crippen molar-refractivity contribution in [1.29, 1.82) is 0 Å². The van der Waals surface area contributed by atoms with Crippen LogP contribution >= 0.6 is 11.3 Å². The SMILES string of the molecule is C[C@@H]1CN([C@@H](C)CO)C(=O)c2cc(NS(=O)(=O)c3cccs3)ccc2O[C@@H](C)CCCCO[C@@H]1CN(C)Cc1ccc(C(=O)O)cc1. The summed E-state index contributed by atoms with van der Waals surface area (Å²) < 4.78 is 41.4. The van der Waals surface area contributed by atoms with Gasteiger partial charge in [-0.05, 0) is 87.5 Å². The first kappa shape index (κ1) is 36.3. The van der Waals surface area contributed by atoms with Gasteiger partial charge in [-0.25, -0.2) is 13.2 Å². The van der Waals surface area contributed by atoms with Crippen LogP contribution in [0.4, 0.5) is 5.69 Å². The van der Waals surface area contributed by atoms with E-state index >= 15 is 0 Å². The number of carboxylic acids is 1. The number of ether oxygens (including phenoxy) is 2. The van der Waals surface area contributed by atoms with Gasteiger partial charge in [0.15, 0.2) is 0 Å². The number of fused-ring (bicyclic) bond motifs is 1. The number of hydrogen-bond acceptors (Lipinski definition) is 9. The minimum absolute atomic E-state index is 0.142. The lowest BCUT2D eigenvalue weighted by Gasteiger charge is -2.36. The molecule has 1 amide bonds. The van der Waals surface area contributed by atoms with Crippen LogP contribution in [0.2, 0.25) is 0 Å². The van der Waals surface area contributed by atoms with Crippen LogP contribution in [0.15, 0.2) is 64.2 Å². The molecule has 0 unspecified atom stereocenters. The van der Waals surface area contributed by atoms with E-state index in [0.717, 1.165) is 36.2 Å². The number of aliphatic hydroxyl groups excluding tert-OH is 1. The van der Waals surface area contributed by atoms with E-state index in [4.69, 9.17) is 9.47 Å². The molecule has 3 aromatic rings.